The van der Waals surface area contributed by atoms with E-state index in [4.69, 9.17) is 0 Å². The SMILES string of the molecule is C=CC(=O)NCCN1CCCC[C@@H]1CC. The van der Waals surface area contributed by atoms with Crippen LogP contribution >= 0.6 is 0 Å². The van der Waals surface area contributed by atoms with Gasteiger partial charge < -0.3 is 5.32 Å². The van der Waals surface area contributed by atoms with Gasteiger partial charge in [-0.05, 0) is 31.9 Å². The molecule has 1 fully saturated rings. The van der Waals surface area contributed by atoms with E-state index in [1.807, 2.05) is 0 Å². The lowest BCUT2D eigenvalue weighted by molar-refractivity contribution is -0.116. The zero-order valence-electron chi connectivity index (χ0n) is 9.67. The highest BCUT2D eigenvalue weighted by Gasteiger charge is 2.19. The maximum atomic E-state index is 11.0. The lowest BCUT2D eigenvalue weighted by Gasteiger charge is -2.35. The predicted molar refractivity (Wildman–Crippen MR) is 62.7 cm³/mol. The number of carbonyl (C=O) groups excluding carboxylic acids is 1. The van der Waals surface area contributed by atoms with Crippen molar-refractivity contribution in [2.24, 2.45) is 0 Å². The van der Waals surface area contributed by atoms with Crippen LogP contribution in [0.3, 0.4) is 0 Å². The molecule has 0 saturated carbocycles. The van der Waals surface area contributed by atoms with Crippen molar-refractivity contribution in [3.8, 4) is 0 Å². The minimum atomic E-state index is -0.0694. The molecular weight excluding hydrogens is 188 g/mol. The normalized spacial score (nSPS) is 22.3. The van der Waals surface area contributed by atoms with Gasteiger partial charge in [0.2, 0.25) is 5.91 Å². The third-order valence-electron chi connectivity index (χ3n) is 3.10. The van der Waals surface area contributed by atoms with Crippen LogP contribution in [0, 0.1) is 0 Å². The number of amides is 1. The van der Waals surface area contributed by atoms with Gasteiger partial charge in [-0.1, -0.05) is 19.9 Å². The Morgan fingerprint density at radius 2 is 2.40 bits per heavy atom. The Kier molecular flexibility index (Phi) is 5.40. The van der Waals surface area contributed by atoms with Crippen LogP contribution in [0.1, 0.15) is 32.6 Å². The van der Waals surface area contributed by atoms with Gasteiger partial charge in [0.05, 0.1) is 0 Å². The molecule has 0 bridgehead atoms. The van der Waals surface area contributed by atoms with Crippen LogP contribution in [-0.2, 0) is 4.79 Å². The zero-order chi connectivity index (χ0) is 11.1. The topological polar surface area (TPSA) is 32.3 Å². The quantitative estimate of drug-likeness (QED) is 0.698. The van der Waals surface area contributed by atoms with Crippen LogP contribution in [0.4, 0.5) is 0 Å². The second-order valence-electron chi connectivity index (χ2n) is 4.09. The largest absolute Gasteiger partial charge is 0.351 e. The zero-order valence-corrected chi connectivity index (χ0v) is 9.67. The molecule has 0 aliphatic carbocycles. The Hall–Kier alpha value is -0.830. The van der Waals surface area contributed by atoms with Gasteiger partial charge in [-0.3, -0.25) is 9.69 Å². The molecule has 1 saturated heterocycles. The van der Waals surface area contributed by atoms with Crippen LogP contribution in [0.2, 0.25) is 0 Å². The first-order valence-electron chi connectivity index (χ1n) is 5.92. The van der Waals surface area contributed by atoms with E-state index in [0.29, 0.717) is 0 Å². The molecule has 1 atom stereocenters. The smallest absolute Gasteiger partial charge is 0.243 e. The Labute approximate surface area is 92.5 Å². The maximum Gasteiger partial charge on any atom is 0.243 e. The highest BCUT2D eigenvalue weighted by molar-refractivity contribution is 5.86. The second kappa shape index (κ2) is 6.62. The summed E-state index contributed by atoms with van der Waals surface area (Å²) >= 11 is 0. The average Bonchev–Trinajstić information content (AvgIpc) is 2.29. The number of hydrogen-bond donors (Lipinski definition) is 1. The van der Waals surface area contributed by atoms with Crippen LogP contribution < -0.4 is 5.32 Å². The molecule has 1 heterocycles. The summed E-state index contributed by atoms with van der Waals surface area (Å²) in [6.07, 6.45) is 6.51. The molecular formula is C12H22N2O. The summed E-state index contributed by atoms with van der Waals surface area (Å²) in [5.41, 5.74) is 0. The molecule has 86 valence electrons. The monoisotopic (exact) mass is 210 g/mol. The van der Waals surface area contributed by atoms with Crippen molar-refractivity contribution < 1.29 is 4.79 Å². The van der Waals surface area contributed by atoms with E-state index < -0.39 is 0 Å². The standard InChI is InChI=1S/C12H22N2O/c1-3-11-7-5-6-9-14(11)10-8-13-12(15)4-2/h4,11H,2-3,5-10H2,1H3,(H,13,15)/t11-/m0/s1. The van der Waals surface area contributed by atoms with Crippen LogP contribution in [0.25, 0.3) is 0 Å². The highest BCUT2D eigenvalue weighted by atomic mass is 16.1. The number of hydrogen-bond acceptors (Lipinski definition) is 2. The lowest BCUT2D eigenvalue weighted by atomic mass is 10.0. The van der Waals surface area contributed by atoms with Gasteiger partial charge in [-0.25, -0.2) is 0 Å². The molecule has 3 nitrogen and oxygen atoms in total. The molecule has 0 aromatic rings. The summed E-state index contributed by atoms with van der Waals surface area (Å²) in [5.74, 6) is -0.0694. The van der Waals surface area contributed by atoms with E-state index >= 15 is 0 Å². The summed E-state index contributed by atoms with van der Waals surface area (Å²) in [7, 11) is 0. The van der Waals surface area contributed by atoms with Gasteiger partial charge in [0.15, 0.2) is 0 Å². The first kappa shape index (κ1) is 12.2. The van der Waals surface area contributed by atoms with Gasteiger partial charge in [-0.2, -0.15) is 0 Å². The predicted octanol–water partition coefficient (Wildman–Crippen LogP) is 1.55. The first-order chi connectivity index (χ1) is 7.27. The molecule has 1 rings (SSSR count). The molecule has 0 spiro atoms. The minimum Gasteiger partial charge on any atom is -0.351 e. The minimum absolute atomic E-state index is 0.0694. The van der Waals surface area contributed by atoms with Crippen molar-refractivity contribution >= 4 is 5.91 Å². The molecule has 1 aliphatic heterocycles. The summed E-state index contributed by atoms with van der Waals surface area (Å²) in [6.45, 7) is 8.56. The summed E-state index contributed by atoms with van der Waals surface area (Å²) in [6, 6.07) is 0.722. The molecule has 0 aromatic carbocycles. The number of nitrogens with one attached hydrogen (secondary N) is 1. The van der Waals surface area contributed by atoms with Gasteiger partial charge in [0.1, 0.15) is 0 Å². The molecule has 0 unspecified atom stereocenters. The van der Waals surface area contributed by atoms with Gasteiger partial charge in [0, 0.05) is 19.1 Å². The number of likely N-dealkylation sites (tertiary alicyclic amines) is 1. The Morgan fingerprint density at radius 1 is 1.60 bits per heavy atom. The maximum absolute atomic E-state index is 11.0. The molecule has 3 heteroatoms. The van der Waals surface area contributed by atoms with Crippen LogP contribution in [0.15, 0.2) is 12.7 Å². The van der Waals surface area contributed by atoms with Gasteiger partial charge in [-0.15, -0.1) is 0 Å². The molecule has 1 N–H and O–H groups in total. The van der Waals surface area contributed by atoms with E-state index in [-0.39, 0.29) is 5.91 Å². The third-order valence-corrected chi connectivity index (χ3v) is 3.10. The number of carbonyl (C=O) groups is 1. The molecule has 1 amide bonds. The van der Waals surface area contributed by atoms with Crippen molar-refractivity contribution in [3.05, 3.63) is 12.7 Å². The van der Waals surface area contributed by atoms with E-state index in [1.54, 1.807) is 0 Å². The molecule has 15 heavy (non-hydrogen) atoms. The Bertz CT molecular complexity index is 216. The van der Waals surface area contributed by atoms with Crippen molar-refractivity contribution in [3.63, 3.8) is 0 Å². The van der Waals surface area contributed by atoms with E-state index in [0.717, 1.165) is 19.1 Å². The van der Waals surface area contributed by atoms with Crippen LogP contribution in [0.5, 0.6) is 0 Å². The average molecular weight is 210 g/mol. The first-order valence-corrected chi connectivity index (χ1v) is 5.92. The van der Waals surface area contributed by atoms with E-state index in [2.05, 4.69) is 23.7 Å². The van der Waals surface area contributed by atoms with E-state index in [1.165, 1.54) is 38.3 Å². The fourth-order valence-electron chi connectivity index (χ4n) is 2.21. The lowest BCUT2D eigenvalue weighted by Crippen LogP contribution is -2.43. The number of rotatable bonds is 5. The van der Waals surface area contributed by atoms with E-state index in [9.17, 15) is 4.79 Å². The summed E-state index contributed by atoms with van der Waals surface area (Å²) < 4.78 is 0. The Morgan fingerprint density at radius 3 is 3.07 bits per heavy atom. The fourth-order valence-corrected chi connectivity index (χ4v) is 2.21. The summed E-state index contributed by atoms with van der Waals surface area (Å²) in [5, 5.41) is 2.83. The Balaban J connectivity index is 2.23. The number of nitrogens with zero attached hydrogens (tertiary/aromatic N) is 1. The highest BCUT2D eigenvalue weighted by Crippen LogP contribution is 2.18. The second-order valence-corrected chi connectivity index (χ2v) is 4.09. The van der Waals surface area contributed by atoms with Gasteiger partial charge in [0.25, 0.3) is 0 Å². The molecule has 0 aromatic heterocycles. The van der Waals surface area contributed by atoms with Crippen molar-refractivity contribution in [2.45, 2.75) is 38.6 Å². The van der Waals surface area contributed by atoms with Crippen molar-refractivity contribution in [1.29, 1.82) is 0 Å². The van der Waals surface area contributed by atoms with Crippen LogP contribution in [-0.4, -0.2) is 36.5 Å². The van der Waals surface area contributed by atoms with Crippen molar-refractivity contribution in [1.82, 2.24) is 10.2 Å². The third kappa shape index (κ3) is 4.04. The summed E-state index contributed by atoms with van der Waals surface area (Å²) in [4.78, 5) is 13.4. The molecule has 1 aliphatic rings. The number of piperidine rings is 1. The van der Waals surface area contributed by atoms with Gasteiger partial charge >= 0.3 is 0 Å². The molecule has 0 radical (unpaired) electrons. The fraction of sp³-hybridized carbons (Fsp3) is 0.750. The van der Waals surface area contributed by atoms with Crippen molar-refractivity contribution in [2.75, 3.05) is 19.6 Å².